The Kier molecular flexibility index (Phi) is 6.05. The number of aromatic nitrogens is 2. The Morgan fingerprint density at radius 1 is 1.12 bits per heavy atom. The second kappa shape index (κ2) is 9.12. The van der Waals surface area contributed by atoms with Crippen molar-refractivity contribution in [1.82, 2.24) is 20.2 Å². The molecule has 1 fully saturated rings. The van der Waals surface area contributed by atoms with Crippen LogP contribution in [-0.2, 0) is 20.8 Å². The van der Waals surface area contributed by atoms with E-state index in [4.69, 9.17) is 0 Å². The third-order valence-corrected chi connectivity index (χ3v) is 7.78. The molecule has 2 aliphatic rings. The Morgan fingerprint density at radius 3 is 2.64 bits per heavy atom. The maximum absolute atomic E-state index is 13.0. The fraction of sp³-hybridized carbons (Fsp3) is 0.174. The van der Waals surface area contributed by atoms with Crippen molar-refractivity contribution < 1.29 is 14.4 Å². The lowest BCUT2D eigenvalue weighted by molar-refractivity contribution is -0.146. The van der Waals surface area contributed by atoms with Gasteiger partial charge in [0.2, 0.25) is 11.0 Å². The van der Waals surface area contributed by atoms with Crippen molar-refractivity contribution in [3.05, 3.63) is 76.4 Å². The Morgan fingerprint density at radius 2 is 1.91 bits per heavy atom. The zero-order valence-electron chi connectivity index (χ0n) is 17.2. The Hall–Kier alpha value is -2.95. The summed E-state index contributed by atoms with van der Waals surface area (Å²) in [5, 5.41) is 4.52. The van der Waals surface area contributed by atoms with Crippen LogP contribution in [-0.4, -0.2) is 49.0 Å². The summed E-state index contributed by atoms with van der Waals surface area (Å²) in [6.45, 7) is 0. The molecule has 0 bridgehead atoms. The van der Waals surface area contributed by atoms with Crippen molar-refractivity contribution in [1.29, 1.82) is 0 Å². The number of hydrogen-bond acceptors (Lipinski definition) is 7. The molecule has 0 aliphatic carbocycles. The fourth-order valence-electron chi connectivity index (χ4n) is 3.83. The molecule has 33 heavy (non-hydrogen) atoms. The van der Waals surface area contributed by atoms with E-state index in [0.717, 1.165) is 11.3 Å². The quantitative estimate of drug-likeness (QED) is 0.404. The Balaban J connectivity index is 1.36. The van der Waals surface area contributed by atoms with Crippen LogP contribution in [0.2, 0.25) is 0 Å². The molecule has 0 unspecified atom stereocenters. The average Bonchev–Trinajstić information content (AvgIpc) is 3.33. The molecule has 0 radical (unpaired) electrons. The summed E-state index contributed by atoms with van der Waals surface area (Å²) in [6, 6.07) is 14.3. The van der Waals surface area contributed by atoms with E-state index >= 15 is 0 Å². The van der Waals surface area contributed by atoms with E-state index in [2.05, 4.69) is 27.9 Å². The monoisotopic (exact) mass is 494 g/mol. The number of benzene rings is 1. The molecule has 2 amide bonds. The van der Waals surface area contributed by atoms with Gasteiger partial charge in [-0.3, -0.25) is 24.3 Å². The number of β-lactam (4-membered cyclic amide) rings is 1. The number of nitrogens with zero attached hydrogens (tertiary/aromatic N) is 3. The largest absolute Gasteiger partial charge is 0.341 e. The van der Waals surface area contributed by atoms with Crippen molar-refractivity contribution in [2.75, 3.05) is 5.75 Å². The molecular weight excluding hydrogens is 476 g/mol. The van der Waals surface area contributed by atoms with Gasteiger partial charge in [-0.25, -0.2) is 4.98 Å². The summed E-state index contributed by atoms with van der Waals surface area (Å²) in [5.74, 6) is -0.0608. The van der Waals surface area contributed by atoms with E-state index in [1.807, 2.05) is 53.9 Å². The third-order valence-electron chi connectivity index (χ3n) is 5.38. The van der Waals surface area contributed by atoms with Gasteiger partial charge in [-0.05, 0) is 17.7 Å². The summed E-state index contributed by atoms with van der Waals surface area (Å²) in [7, 11) is 0. The zero-order chi connectivity index (χ0) is 22.9. The molecule has 7 nitrogen and oxygen atoms in total. The second-order valence-corrected chi connectivity index (χ2v) is 9.87. The molecule has 0 saturated carbocycles. The third kappa shape index (κ3) is 4.21. The van der Waals surface area contributed by atoms with Crippen molar-refractivity contribution in [2.45, 2.75) is 17.8 Å². The van der Waals surface area contributed by atoms with E-state index in [0.29, 0.717) is 22.0 Å². The highest BCUT2D eigenvalue weighted by Crippen LogP contribution is 2.44. The first-order valence-corrected chi connectivity index (χ1v) is 12.5. The van der Waals surface area contributed by atoms with Crippen LogP contribution in [0.15, 0.2) is 65.8 Å². The number of thioether (sulfide) groups is 1. The number of amides is 2. The van der Waals surface area contributed by atoms with Crippen LogP contribution in [0.25, 0.3) is 17.0 Å². The minimum absolute atomic E-state index is 0.191. The fourth-order valence-corrected chi connectivity index (χ4v) is 6.37. The van der Waals surface area contributed by atoms with Gasteiger partial charge >= 0.3 is 0 Å². The highest BCUT2D eigenvalue weighted by Gasteiger charge is 2.54. The molecule has 0 spiro atoms. The number of carbonyl (C=O) groups excluding carboxylic acids is 3. The number of thiol groups is 1. The molecule has 5 rings (SSSR count). The van der Waals surface area contributed by atoms with Gasteiger partial charge in [0, 0.05) is 22.9 Å². The minimum atomic E-state index is -0.671. The van der Waals surface area contributed by atoms with Gasteiger partial charge in [0.1, 0.15) is 27.8 Å². The first-order chi connectivity index (χ1) is 16.0. The average molecular weight is 495 g/mol. The molecular formula is C23H18N4O3S3. The predicted octanol–water partition coefficient (Wildman–Crippen LogP) is 3.02. The van der Waals surface area contributed by atoms with Crippen molar-refractivity contribution in [3.63, 3.8) is 0 Å². The lowest BCUT2D eigenvalue weighted by Gasteiger charge is -2.49. The van der Waals surface area contributed by atoms with Gasteiger partial charge in [-0.2, -0.15) is 0 Å². The molecule has 4 heterocycles. The van der Waals surface area contributed by atoms with E-state index in [1.54, 1.807) is 6.20 Å². The molecule has 1 saturated heterocycles. The lowest BCUT2D eigenvalue weighted by atomic mass is 10.0. The van der Waals surface area contributed by atoms with E-state index in [1.165, 1.54) is 28.0 Å². The molecule has 1 N–H and O–H groups in total. The van der Waals surface area contributed by atoms with Crippen LogP contribution in [0.1, 0.15) is 10.6 Å². The van der Waals surface area contributed by atoms with Crippen molar-refractivity contribution >= 4 is 58.2 Å². The first kappa shape index (κ1) is 21.9. The first-order valence-electron chi connectivity index (χ1n) is 10.1. The summed E-state index contributed by atoms with van der Waals surface area (Å²) in [4.78, 5) is 48.3. The molecule has 2 aromatic heterocycles. The van der Waals surface area contributed by atoms with E-state index in [-0.39, 0.29) is 29.3 Å². The van der Waals surface area contributed by atoms with Crippen LogP contribution in [0.5, 0.6) is 0 Å². The van der Waals surface area contributed by atoms with Gasteiger partial charge in [0.05, 0.1) is 12.1 Å². The van der Waals surface area contributed by atoms with Crippen LogP contribution in [0.3, 0.4) is 0 Å². The van der Waals surface area contributed by atoms with Crippen LogP contribution in [0, 0.1) is 0 Å². The normalized spacial score (nSPS) is 19.7. The summed E-state index contributed by atoms with van der Waals surface area (Å²) in [6.07, 6.45) is 1.89. The predicted molar refractivity (Wildman–Crippen MR) is 131 cm³/mol. The summed E-state index contributed by atoms with van der Waals surface area (Å²) < 4.78 is 0. The van der Waals surface area contributed by atoms with Crippen molar-refractivity contribution in [2.24, 2.45) is 0 Å². The molecule has 10 heteroatoms. The van der Waals surface area contributed by atoms with Gasteiger partial charge in [0.15, 0.2) is 0 Å². The number of rotatable bonds is 6. The molecule has 1 aromatic carbocycles. The van der Waals surface area contributed by atoms with Gasteiger partial charge in [-0.15, -0.1) is 23.1 Å². The van der Waals surface area contributed by atoms with Crippen LogP contribution in [0.4, 0.5) is 0 Å². The SMILES string of the molecule is O=C(Cc1ccccc1)N[C@@H]1C(=O)N2C(C(=O)S)=C(c3nc(-c4ccccn4)cs3)CS[C@H]12. The van der Waals surface area contributed by atoms with Crippen LogP contribution < -0.4 is 5.32 Å². The Labute approximate surface area is 203 Å². The second-order valence-electron chi connectivity index (χ2n) is 7.50. The zero-order valence-corrected chi connectivity index (χ0v) is 19.7. The number of pyridine rings is 1. The topological polar surface area (TPSA) is 92.3 Å². The van der Waals surface area contributed by atoms with E-state index < -0.39 is 11.2 Å². The van der Waals surface area contributed by atoms with Gasteiger partial charge < -0.3 is 5.32 Å². The molecule has 166 valence electrons. The summed E-state index contributed by atoms with van der Waals surface area (Å²) >= 11 is 6.94. The van der Waals surface area contributed by atoms with Crippen molar-refractivity contribution in [3.8, 4) is 11.4 Å². The lowest BCUT2D eigenvalue weighted by Crippen LogP contribution is -2.70. The maximum Gasteiger partial charge on any atom is 0.253 e. The smallest absolute Gasteiger partial charge is 0.253 e. The molecule has 3 aromatic rings. The van der Waals surface area contributed by atoms with E-state index in [9.17, 15) is 14.4 Å². The number of carbonyl (C=O) groups is 3. The highest BCUT2D eigenvalue weighted by molar-refractivity contribution is 8.00. The number of fused-ring (bicyclic) bond motifs is 1. The number of hydrogen-bond donors (Lipinski definition) is 2. The number of thiazole rings is 1. The number of nitrogens with one attached hydrogen (secondary N) is 1. The summed E-state index contributed by atoms with van der Waals surface area (Å²) in [5.41, 5.74) is 3.23. The standard InChI is InChI=1S/C23H18N4O3S3/c28-17(10-13-6-2-1-3-7-13)26-18-21(29)27-19(23(30)31)14(11-33-22(18)27)20-25-16(12-32-20)15-8-4-5-9-24-15/h1-9,12,18,22H,10-11H2,(H,26,28)(H,30,31)/t18-,22-/m1/s1. The van der Waals surface area contributed by atoms with Gasteiger partial charge in [0.25, 0.3) is 5.91 Å². The van der Waals surface area contributed by atoms with Gasteiger partial charge in [-0.1, -0.05) is 49.0 Å². The maximum atomic E-state index is 13.0. The van der Waals surface area contributed by atoms with Crippen LogP contribution >= 0.6 is 35.7 Å². The molecule has 2 atom stereocenters. The highest BCUT2D eigenvalue weighted by atomic mass is 32.2. The minimum Gasteiger partial charge on any atom is -0.341 e. The molecule has 2 aliphatic heterocycles. The Bertz CT molecular complexity index is 1260.